The third-order valence-electron chi connectivity index (χ3n) is 8.91. The van der Waals surface area contributed by atoms with Crippen LogP contribution in [-0.2, 0) is 19.1 Å². The summed E-state index contributed by atoms with van der Waals surface area (Å²) in [6.07, 6.45) is -1.95. The third-order valence-corrected chi connectivity index (χ3v) is 8.91. The molecule has 0 saturated carbocycles. The number of nitrogens with zero attached hydrogens (tertiary/aromatic N) is 2. The molecule has 4 aromatic rings. The van der Waals surface area contributed by atoms with Crippen molar-refractivity contribution in [2.75, 3.05) is 28.4 Å². The van der Waals surface area contributed by atoms with E-state index in [1.54, 1.807) is 131 Å². The van der Waals surface area contributed by atoms with Crippen molar-refractivity contribution in [3.05, 3.63) is 107 Å². The Hall–Kier alpha value is -6.56. The number of hydrogen-bond donors (Lipinski definition) is 0. The van der Waals surface area contributed by atoms with Crippen LogP contribution in [0.3, 0.4) is 0 Å². The molecule has 0 saturated heterocycles. The zero-order chi connectivity index (χ0) is 40.7. The van der Waals surface area contributed by atoms with Gasteiger partial charge in [0.2, 0.25) is 0 Å². The summed E-state index contributed by atoms with van der Waals surface area (Å²) in [5.74, 6) is 0.552. The van der Waals surface area contributed by atoms with E-state index in [0.717, 1.165) is 32.1 Å². The molecule has 2 aliphatic heterocycles. The molecular formula is C44H44N2O10. The van der Waals surface area contributed by atoms with E-state index in [4.69, 9.17) is 28.4 Å². The second kappa shape index (κ2) is 14.9. The minimum atomic E-state index is -0.980. The van der Waals surface area contributed by atoms with Gasteiger partial charge in [-0.15, -0.1) is 0 Å². The first-order valence-corrected chi connectivity index (χ1v) is 17.8. The Labute approximate surface area is 325 Å². The van der Waals surface area contributed by atoms with Crippen LogP contribution in [0.4, 0.5) is 9.59 Å². The zero-order valence-electron chi connectivity index (χ0n) is 33.1. The molecule has 2 heterocycles. The van der Waals surface area contributed by atoms with Crippen molar-refractivity contribution in [2.45, 2.75) is 52.7 Å². The van der Waals surface area contributed by atoms with E-state index in [1.807, 2.05) is 24.3 Å². The Balaban J connectivity index is 1.53. The minimum Gasteiger partial charge on any atom is -0.493 e. The Kier molecular flexibility index (Phi) is 10.4. The first-order chi connectivity index (χ1) is 26.5. The van der Waals surface area contributed by atoms with Gasteiger partial charge < -0.3 is 28.4 Å². The molecule has 0 fully saturated rings. The number of fused-ring (bicyclic) bond motifs is 1. The lowest BCUT2D eigenvalue weighted by Crippen LogP contribution is -2.40. The zero-order valence-corrected chi connectivity index (χ0v) is 33.1. The van der Waals surface area contributed by atoms with Crippen molar-refractivity contribution in [1.29, 1.82) is 0 Å². The molecule has 4 amide bonds. The van der Waals surface area contributed by atoms with Crippen molar-refractivity contribution < 1.29 is 47.6 Å². The van der Waals surface area contributed by atoms with Crippen LogP contribution < -0.4 is 18.9 Å². The molecule has 12 heteroatoms. The Morgan fingerprint density at radius 1 is 0.429 bits per heavy atom. The number of benzene rings is 4. The van der Waals surface area contributed by atoms with Crippen LogP contribution in [0.25, 0.3) is 33.6 Å². The summed E-state index contributed by atoms with van der Waals surface area (Å²) in [6.45, 7) is 10.1. The van der Waals surface area contributed by atoms with Gasteiger partial charge in [-0.2, -0.15) is 0 Å². The van der Waals surface area contributed by atoms with Gasteiger partial charge in [0.05, 0.1) is 51.0 Å². The lowest BCUT2D eigenvalue weighted by molar-refractivity contribution is -0.123. The van der Waals surface area contributed by atoms with Crippen molar-refractivity contribution in [3.63, 3.8) is 0 Å². The van der Waals surface area contributed by atoms with Crippen LogP contribution in [0.2, 0.25) is 0 Å². The largest absolute Gasteiger partial charge is 0.493 e. The minimum absolute atomic E-state index is 0.0198. The van der Waals surface area contributed by atoms with E-state index in [0.29, 0.717) is 34.1 Å². The second-order valence-electron chi connectivity index (χ2n) is 15.0. The number of hydrogen-bond acceptors (Lipinski definition) is 10. The van der Waals surface area contributed by atoms with Gasteiger partial charge in [-0.05, 0) is 99.2 Å². The molecule has 12 nitrogen and oxygen atoms in total. The lowest BCUT2D eigenvalue weighted by Gasteiger charge is -2.27. The number of methoxy groups -OCH3 is 4. The molecule has 0 aliphatic carbocycles. The summed E-state index contributed by atoms with van der Waals surface area (Å²) in [7, 11) is 6.20. The average Bonchev–Trinajstić information content (AvgIpc) is 3.64. The maximum atomic E-state index is 14.7. The molecule has 0 aromatic heterocycles. The SMILES string of the molecule is COc1ccc(-c2ccc(C3=C4C(=O)N(C(=O)OC(C)(C)C)C(c5ccc(-c6ccc(OC)c(OC)c6)cc5)=C4C(=O)N3C(=O)OC(C)(C)C)cc2)cc1OC. The van der Waals surface area contributed by atoms with Gasteiger partial charge in [0.25, 0.3) is 11.8 Å². The molecule has 2 aliphatic rings. The monoisotopic (exact) mass is 760 g/mol. The molecule has 290 valence electrons. The molecule has 0 N–H and O–H groups in total. The van der Waals surface area contributed by atoms with Crippen LogP contribution in [-0.4, -0.2) is 73.4 Å². The van der Waals surface area contributed by atoms with Crippen molar-refractivity contribution >= 4 is 35.4 Å². The number of imide groups is 2. The highest BCUT2D eigenvalue weighted by atomic mass is 16.6. The Morgan fingerprint density at radius 3 is 1.00 bits per heavy atom. The van der Waals surface area contributed by atoms with E-state index < -0.39 is 35.2 Å². The van der Waals surface area contributed by atoms with Crippen molar-refractivity contribution in [2.24, 2.45) is 0 Å². The van der Waals surface area contributed by atoms with Gasteiger partial charge in [0, 0.05) is 0 Å². The van der Waals surface area contributed by atoms with Crippen LogP contribution in [0.5, 0.6) is 23.0 Å². The fourth-order valence-corrected chi connectivity index (χ4v) is 6.49. The molecule has 0 unspecified atom stereocenters. The topological polar surface area (TPSA) is 130 Å². The summed E-state index contributed by atoms with van der Waals surface area (Å²) in [5, 5.41) is 0. The van der Waals surface area contributed by atoms with E-state index in [-0.39, 0.29) is 22.5 Å². The summed E-state index contributed by atoms with van der Waals surface area (Å²) in [4.78, 5) is 58.9. The maximum Gasteiger partial charge on any atom is 0.422 e. The molecule has 4 aromatic carbocycles. The van der Waals surface area contributed by atoms with E-state index >= 15 is 0 Å². The predicted octanol–water partition coefficient (Wildman–Crippen LogP) is 8.73. The number of ether oxygens (including phenoxy) is 6. The van der Waals surface area contributed by atoms with Gasteiger partial charge in [0.1, 0.15) is 11.2 Å². The molecule has 0 bridgehead atoms. The van der Waals surface area contributed by atoms with Crippen LogP contribution in [0.1, 0.15) is 52.7 Å². The quantitative estimate of drug-likeness (QED) is 0.172. The van der Waals surface area contributed by atoms with Gasteiger partial charge in [-0.3, -0.25) is 9.59 Å². The molecule has 0 radical (unpaired) electrons. The fraction of sp³-hybridized carbons (Fsp3) is 0.273. The maximum absolute atomic E-state index is 14.7. The number of carbonyl (C=O) groups excluding carboxylic acids is 4. The van der Waals surface area contributed by atoms with Gasteiger partial charge in [0.15, 0.2) is 23.0 Å². The lowest BCUT2D eigenvalue weighted by atomic mass is 9.98. The van der Waals surface area contributed by atoms with Crippen LogP contribution in [0.15, 0.2) is 96.1 Å². The molecule has 56 heavy (non-hydrogen) atoms. The van der Waals surface area contributed by atoms with Crippen LogP contribution in [0, 0.1) is 0 Å². The normalized spacial score (nSPS) is 14.2. The highest BCUT2D eigenvalue weighted by Gasteiger charge is 2.54. The highest BCUT2D eigenvalue weighted by molar-refractivity contribution is 6.35. The summed E-state index contributed by atoms with van der Waals surface area (Å²) < 4.78 is 33.2. The average molecular weight is 761 g/mol. The predicted molar refractivity (Wildman–Crippen MR) is 210 cm³/mol. The van der Waals surface area contributed by atoms with E-state index in [1.165, 1.54) is 0 Å². The Morgan fingerprint density at radius 2 is 0.714 bits per heavy atom. The summed E-state index contributed by atoms with van der Waals surface area (Å²) in [5.41, 5.74) is 1.65. The van der Waals surface area contributed by atoms with Gasteiger partial charge in [-0.25, -0.2) is 19.4 Å². The smallest absolute Gasteiger partial charge is 0.422 e. The van der Waals surface area contributed by atoms with Gasteiger partial charge in [-0.1, -0.05) is 60.7 Å². The van der Waals surface area contributed by atoms with E-state index in [2.05, 4.69) is 0 Å². The van der Waals surface area contributed by atoms with Crippen LogP contribution >= 0.6 is 0 Å². The summed E-state index contributed by atoms with van der Waals surface area (Å²) >= 11 is 0. The standard InChI is InChI=1S/C44H44N2O10/c1-43(2,3)55-41(49)45-37(27-15-11-25(12-16-27)29-19-21-31(51-7)33(23-29)53-9)35-36(39(45)47)38(46(40(35)48)42(50)56-44(4,5)6)28-17-13-26(14-18-28)30-20-22-32(52-8)34(24-30)54-10/h11-24H,1-10H3. The Bertz CT molecular complexity index is 2130. The number of carbonyl (C=O) groups is 4. The second-order valence-corrected chi connectivity index (χ2v) is 15.0. The van der Waals surface area contributed by atoms with Crippen molar-refractivity contribution in [3.8, 4) is 45.3 Å². The first-order valence-electron chi connectivity index (χ1n) is 17.8. The van der Waals surface area contributed by atoms with Gasteiger partial charge >= 0.3 is 12.2 Å². The molecule has 0 atom stereocenters. The number of rotatable bonds is 8. The third kappa shape index (κ3) is 7.42. The molecule has 6 rings (SSSR count). The van der Waals surface area contributed by atoms with E-state index in [9.17, 15) is 19.2 Å². The first kappa shape index (κ1) is 39.1. The number of amides is 4. The fourth-order valence-electron chi connectivity index (χ4n) is 6.49. The van der Waals surface area contributed by atoms with Crippen molar-refractivity contribution in [1.82, 2.24) is 9.80 Å². The molecular weight excluding hydrogens is 716 g/mol. The highest BCUT2D eigenvalue weighted by Crippen LogP contribution is 2.48. The summed E-state index contributed by atoms with van der Waals surface area (Å²) in [6, 6.07) is 24.9. The molecule has 0 spiro atoms.